The Hall–Kier alpha value is -2.79. The summed E-state index contributed by atoms with van der Waals surface area (Å²) in [7, 11) is 0. The van der Waals surface area contributed by atoms with Crippen LogP contribution in [-0.2, 0) is 9.59 Å². The summed E-state index contributed by atoms with van der Waals surface area (Å²) in [4.78, 5) is 32.1. The molecule has 1 saturated carbocycles. The lowest BCUT2D eigenvalue weighted by molar-refractivity contribution is -0.143. The zero-order chi connectivity index (χ0) is 17.8. The molecule has 2 aromatic rings. The normalized spacial score (nSPS) is 19.8. The van der Waals surface area contributed by atoms with Crippen molar-refractivity contribution in [1.29, 1.82) is 5.26 Å². The maximum Gasteiger partial charge on any atom is 0.306 e. The molecule has 25 heavy (non-hydrogen) atoms. The molecule has 2 N–H and O–H groups in total. The van der Waals surface area contributed by atoms with Crippen LogP contribution in [0.4, 0.5) is 5.13 Å². The third-order valence-corrected chi connectivity index (χ3v) is 5.24. The van der Waals surface area contributed by atoms with Gasteiger partial charge in [0, 0.05) is 23.9 Å². The predicted molar refractivity (Wildman–Crippen MR) is 91.8 cm³/mol. The van der Waals surface area contributed by atoms with Gasteiger partial charge in [0.15, 0.2) is 5.13 Å². The molecule has 0 spiro atoms. The monoisotopic (exact) mass is 356 g/mol. The summed E-state index contributed by atoms with van der Waals surface area (Å²) >= 11 is 1.13. The summed E-state index contributed by atoms with van der Waals surface area (Å²) < 4.78 is 0. The number of amides is 1. The Balaban J connectivity index is 1.70. The first kappa shape index (κ1) is 17.0. The van der Waals surface area contributed by atoms with Gasteiger partial charge < -0.3 is 10.4 Å². The van der Waals surface area contributed by atoms with Gasteiger partial charge in [0.05, 0.1) is 5.92 Å². The van der Waals surface area contributed by atoms with Crippen LogP contribution in [0.15, 0.2) is 24.5 Å². The number of anilines is 1. The minimum Gasteiger partial charge on any atom is -0.481 e. The van der Waals surface area contributed by atoms with E-state index in [-0.39, 0.29) is 17.7 Å². The average molecular weight is 356 g/mol. The maximum atomic E-state index is 12.4. The number of carbonyl (C=O) groups excluding carboxylic acids is 1. The first-order chi connectivity index (χ1) is 12.1. The van der Waals surface area contributed by atoms with Gasteiger partial charge in [-0.2, -0.15) is 5.26 Å². The van der Waals surface area contributed by atoms with Gasteiger partial charge >= 0.3 is 5.97 Å². The maximum absolute atomic E-state index is 12.4. The van der Waals surface area contributed by atoms with Crippen molar-refractivity contribution in [2.75, 3.05) is 5.32 Å². The van der Waals surface area contributed by atoms with E-state index in [9.17, 15) is 14.9 Å². The van der Waals surface area contributed by atoms with Crippen molar-refractivity contribution in [3.8, 4) is 17.3 Å². The van der Waals surface area contributed by atoms with Crippen LogP contribution in [0.25, 0.3) is 11.3 Å². The molecule has 2 aromatic heterocycles. The van der Waals surface area contributed by atoms with E-state index in [1.54, 1.807) is 24.5 Å². The molecule has 0 atom stereocenters. The zero-order valence-corrected chi connectivity index (χ0v) is 14.1. The predicted octanol–water partition coefficient (Wildman–Crippen LogP) is 2.91. The first-order valence-corrected chi connectivity index (χ1v) is 8.75. The molecule has 1 aliphatic rings. The van der Waals surface area contributed by atoms with Crippen molar-refractivity contribution in [3.63, 3.8) is 0 Å². The second kappa shape index (κ2) is 7.40. The van der Waals surface area contributed by atoms with Crippen molar-refractivity contribution in [2.24, 2.45) is 11.8 Å². The number of carbonyl (C=O) groups is 2. The Morgan fingerprint density at radius 3 is 2.44 bits per heavy atom. The molecule has 0 unspecified atom stereocenters. The van der Waals surface area contributed by atoms with E-state index in [2.05, 4.69) is 21.4 Å². The molecule has 2 heterocycles. The van der Waals surface area contributed by atoms with Crippen LogP contribution in [0.2, 0.25) is 0 Å². The third-order valence-electron chi connectivity index (χ3n) is 4.36. The number of pyridine rings is 1. The SMILES string of the molecule is N#Cc1sc(NC(=O)C2CCC(C(=O)O)CC2)nc1-c1ccncc1. The molecule has 0 aromatic carbocycles. The fraction of sp³-hybridized carbons (Fsp3) is 0.353. The Kier molecular flexibility index (Phi) is 5.05. The van der Waals surface area contributed by atoms with Crippen LogP contribution in [0, 0.1) is 23.2 Å². The number of aliphatic carboxylic acids is 1. The van der Waals surface area contributed by atoms with E-state index in [1.165, 1.54) is 0 Å². The smallest absolute Gasteiger partial charge is 0.306 e. The van der Waals surface area contributed by atoms with Gasteiger partial charge in [0.2, 0.25) is 5.91 Å². The number of rotatable bonds is 4. The highest BCUT2D eigenvalue weighted by atomic mass is 32.1. The standard InChI is InChI=1S/C17H16N4O3S/c18-9-13-14(10-5-7-19-8-6-10)20-17(25-13)21-15(22)11-1-3-12(4-2-11)16(23)24/h5-8,11-12H,1-4H2,(H,23,24)(H,20,21,22). The number of nitriles is 1. The quantitative estimate of drug-likeness (QED) is 0.870. The summed E-state index contributed by atoms with van der Waals surface area (Å²) in [5.41, 5.74) is 1.30. The van der Waals surface area contributed by atoms with E-state index in [1.807, 2.05) is 0 Å². The Labute approximate surface area is 148 Å². The molecule has 1 aliphatic carbocycles. The summed E-state index contributed by atoms with van der Waals surface area (Å²) in [6.07, 6.45) is 5.37. The molecule has 0 aliphatic heterocycles. The van der Waals surface area contributed by atoms with Gasteiger partial charge in [-0.25, -0.2) is 4.98 Å². The molecule has 0 radical (unpaired) electrons. The largest absolute Gasteiger partial charge is 0.481 e. The van der Waals surface area contributed by atoms with Crippen LogP contribution in [-0.4, -0.2) is 27.0 Å². The van der Waals surface area contributed by atoms with E-state index < -0.39 is 5.97 Å². The van der Waals surface area contributed by atoms with Gasteiger partial charge in [0.25, 0.3) is 0 Å². The molecule has 128 valence electrons. The number of carboxylic acid groups (broad SMARTS) is 1. The lowest BCUT2D eigenvalue weighted by Gasteiger charge is -2.24. The van der Waals surface area contributed by atoms with Crippen molar-refractivity contribution < 1.29 is 14.7 Å². The Morgan fingerprint density at radius 1 is 1.20 bits per heavy atom. The Morgan fingerprint density at radius 2 is 1.84 bits per heavy atom. The lowest BCUT2D eigenvalue weighted by Crippen LogP contribution is -2.29. The fourth-order valence-corrected chi connectivity index (χ4v) is 3.75. The van der Waals surface area contributed by atoms with E-state index in [0.29, 0.717) is 41.4 Å². The average Bonchev–Trinajstić information content (AvgIpc) is 3.05. The number of thiazole rings is 1. The fourth-order valence-electron chi connectivity index (χ4n) is 2.96. The molecule has 1 fully saturated rings. The second-order valence-electron chi connectivity index (χ2n) is 5.92. The molecule has 0 saturated heterocycles. The molecule has 8 heteroatoms. The molecule has 1 amide bonds. The van der Waals surface area contributed by atoms with E-state index in [4.69, 9.17) is 5.11 Å². The Bertz CT molecular complexity index is 820. The van der Waals surface area contributed by atoms with Crippen LogP contribution in [0.3, 0.4) is 0 Å². The molecule has 3 rings (SSSR count). The topological polar surface area (TPSA) is 116 Å². The van der Waals surface area contributed by atoms with Crippen molar-refractivity contribution in [2.45, 2.75) is 25.7 Å². The lowest BCUT2D eigenvalue weighted by atomic mass is 9.81. The number of hydrogen-bond donors (Lipinski definition) is 2. The summed E-state index contributed by atoms with van der Waals surface area (Å²) in [5.74, 6) is -1.52. The second-order valence-corrected chi connectivity index (χ2v) is 6.92. The van der Waals surface area contributed by atoms with Crippen LogP contribution >= 0.6 is 11.3 Å². The number of aromatic nitrogens is 2. The van der Waals surface area contributed by atoms with Crippen LogP contribution < -0.4 is 5.32 Å². The van der Waals surface area contributed by atoms with Crippen LogP contribution in [0.5, 0.6) is 0 Å². The third kappa shape index (κ3) is 3.83. The first-order valence-electron chi connectivity index (χ1n) is 7.93. The minimum atomic E-state index is -0.792. The summed E-state index contributed by atoms with van der Waals surface area (Å²) in [6.45, 7) is 0. The summed E-state index contributed by atoms with van der Waals surface area (Å²) in [5, 5.41) is 21.5. The molecular weight excluding hydrogens is 340 g/mol. The van der Waals surface area contributed by atoms with Gasteiger partial charge in [-0.3, -0.25) is 14.6 Å². The summed E-state index contributed by atoms with van der Waals surface area (Å²) in [6, 6.07) is 5.62. The molecule has 7 nitrogen and oxygen atoms in total. The molecule has 0 bridgehead atoms. The van der Waals surface area contributed by atoms with Gasteiger partial charge in [0.1, 0.15) is 16.6 Å². The number of carboxylic acids is 1. The number of nitrogens with zero attached hydrogens (tertiary/aromatic N) is 3. The van der Waals surface area contributed by atoms with E-state index >= 15 is 0 Å². The van der Waals surface area contributed by atoms with E-state index in [0.717, 1.165) is 16.9 Å². The van der Waals surface area contributed by atoms with Crippen molar-refractivity contribution in [1.82, 2.24) is 9.97 Å². The number of hydrogen-bond acceptors (Lipinski definition) is 6. The van der Waals surface area contributed by atoms with Gasteiger partial charge in [-0.15, -0.1) is 0 Å². The van der Waals surface area contributed by atoms with Crippen molar-refractivity contribution >= 4 is 28.3 Å². The highest BCUT2D eigenvalue weighted by Gasteiger charge is 2.30. The van der Waals surface area contributed by atoms with Gasteiger partial charge in [-0.1, -0.05) is 11.3 Å². The highest BCUT2D eigenvalue weighted by molar-refractivity contribution is 7.16. The number of nitrogens with one attached hydrogen (secondary N) is 1. The van der Waals surface area contributed by atoms with Gasteiger partial charge in [-0.05, 0) is 37.8 Å². The van der Waals surface area contributed by atoms with Crippen LogP contribution in [0.1, 0.15) is 30.6 Å². The zero-order valence-electron chi connectivity index (χ0n) is 13.3. The molecular formula is C17H16N4O3S. The van der Waals surface area contributed by atoms with Crippen molar-refractivity contribution in [3.05, 3.63) is 29.4 Å². The minimum absolute atomic E-state index is 0.164. The highest BCUT2D eigenvalue weighted by Crippen LogP contribution is 2.33.